The third kappa shape index (κ3) is 7.01. The summed E-state index contributed by atoms with van der Waals surface area (Å²) in [6.45, 7) is 0.0387. The molecular formula is C24H25N3O5S2. The van der Waals surface area contributed by atoms with Crippen LogP contribution < -0.4 is 20.1 Å². The zero-order chi connectivity index (χ0) is 24.6. The van der Waals surface area contributed by atoms with Crippen molar-refractivity contribution in [1.29, 1.82) is 0 Å². The van der Waals surface area contributed by atoms with Gasteiger partial charge < -0.3 is 14.8 Å². The van der Waals surface area contributed by atoms with Crippen molar-refractivity contribution in [2.24, 2.45) is 0 Å². The molecule has 3 aromatic rings. The molecule has 0 aliphatic rings. The number of rotatable bonds is 9. The topological polar surface area (TPSA) is 97.0 Å². The number of carbonyl (C=O) groups is 1. The van der Waals surface area contributed by atoms with Gasteiger partial charge in [-0.2, -0.15) is 4.31 Å². The fourth-order valence-electron chi connectivity index (χ4n) is 2.96. The summed E-state index contributed by atoms with van der Waals surface area (Å²) in [7, 11) is -0.562. The fraction of sp³-hybridized carbons (Fsp3) is 0.167. The monoisotopic (exact) mass is 499 g/mol. The van der Waals surface area contributed by atoms with Crippen LogP contribution in [-0.4, -0.2) is 44.5 Å². The van der Waals surface area contributed by atoms with Crippen molar-refractivity contribution in [2.45, 2.75) is 11.4 Å². The lowest BCUT2D eigenvalue weighted by molar-refractivity contribution is -0.121. The van der Waals surface area contributed by atoms with Gasteiger partial charge >= 0.3 is 0 Å². The average molecular weight is 500 g/mol. The van der Waals surface area contributed by atoms with E-state index in [0.29, 0.717) is 17.2 Å². The molecule has 0 bridgehead atoms. The molecule has 1 amide bonds. The fourth-order valence-corrected chi connectivity index (χ4v) is 4.35. The zero-order valence-electron chi connectivity index (χ0n) is 18.7. The largest absolute Gasteiger partial charge is 0.497 e. The Morgan fingerprint density at radius 2 is 1.56 bits per heavy atom. The van der Waals surface area contributed by atoms with E-state index in [0.717, 1.165) is 5.56 Å². The number of hydrogen-bond acceptors (Lipinski definition) is 6. The van der Waals surface area contributed by atoms with E-state index in [1.165, 1.54) is 23.5 Å². The molecule has 3 aromatic carbocycles. The number of thiocarbonyl (C=S) groups is 1. The maximum atomic E-state index is 12.8. The number of nitrogens with zero attached hydrogens (tertiary/aromatic N) is 1. The summed E-state index contributed by atoms with van der Waals surface area (Å²) in [6.07, 6.45) is 0. The molecule has 178 valence electrons. The Hall–Kier alpha value is -3.47. The van der Waals surface area contributed by atoms with Gasteiger partial charge in [0.25, 0.3) is 5.91 Å². The predicted octanol–water partition coefficient (Wildman–Crippen LogP) is 3.41. The van der Waals surface area contributed by atoms with E-state index in [1.807, 2.05) is 30.3 Å². The van der Waals surface area contributed by atoms with Crippen molar-refractivity contribution >= 4 is 38.9 Å². The van der Waals surface area contributed by atoms with Crippen LogP contribution in [0.4, 0.5) is 5.69 Å². The van der Waals surface area contributed by atoms with Gasteiger partial charge in [0.05, 0.1) is 12.0 Å². The first kappa shape index (κ1) is 25.2. The standard InChI is InChI=1S/C24H25N3O5S2/c1-27(16-18-6-4-3-5-7-18)34(29,30)22-14-8-19(9-15-22)25-24(33)26-23(28)17-32-21-12-10-20(31-2)11-13-21/h3-15H,16-17H2,1-2H3,(H2,25,26,28,33). The Bertz CT molecular complexity index is 1220. The number of carbonyl (C=O) groups excluding carboxylic acids is 1. The molecular weight excluding hydrogens is 474 g/mol. The van der Waals surface area contributed by atoms with Crippen molar-refractivity contribution in [3.63, 3.8) is 0 Å². The second-order valence-corrected chi connectivity index (χ2v) is 9.69. The molecule has 8 nitrogen and oxygen atoms in total. The van der Waals surface area contributed by atoms with Gasteiger partial charge in [0, 0.05) is 19.3 Å². The second-order valence-electron chi connectivity index (χ2n) is 7.24. The molecule has 0 aliphatic carbocycles. The number of ether oxygens (including phenoxy) is 2. The zero-order valence-corrected chi connectivity index (χ0v) is 20.4. The molecule has 0 aliphatic heterocycles. The Morgan fingerprint density at radius 1 is 0.941 bits per heavy atom. The average Bonchev–Trinajstić information content (AvgIpc) is 2.84. The lowest BCUT2D eigenvalue weighted by Gasteiger charge is -2.17. The maximum Gasteiger partial charge on any atom is 0.264 e. The van der Waals surface area contributed by atoms with Crippen LogP contribution in [0.15, 0.2) is 83.8 Å². The third-order valence-electron chi connectivity index (χ3n) is 4.75. The number of sulfonamides is 1. The molecule has 34 heavy (non-hydrogen) atoms. The SMILES string of the molecule is COc1ccc(OCC(=O)NC(=S)Nc2ccc(S(=O)(=O)N(C)Cc3ccccc3)cc2)cc1. The van der Waals surface area contributed by atoms with Crippen LogP contribution in [0.5, 0.6) is 11.5 Å². The highest BCUT2D eigenvalue weighted by molar-refractivity contribution is 7.89. The van der Waals surface area contributed by atoms with E-state index >= 15 is 0 Å². The first-order valence-corrected chi connectivity index (χ1v) is 12.1. The van der Waals surface area contributed by atoms with Gasteiger partial charge in [-0.05, 0) is 66.3 Å². The minimum Gasteiger partial charge on any atom is -0.497 e. The maximum absolute atomic E-state index is 12.8. The predicted molar refractivity (Wildman–Crippen MR) is 134 cm³/mol. The van der Waals surface area contributed by atoms with Gasteiger partial charge in [-0.3, -0.25) is 10.1 Å². The Balaban J connectivity index is 1.50. The van der Waals surface area contributed by atoms with Crippen molar-refractivity contribution in [2.75, 3.05) is 26.1 Å². The number of nitrogens with one attached hydrogen (secondary N) is 2. The summed E-state index contributed by atoms with van der Waals surface area (Å²) < 4.78 is 37.5. The molecule has 0 saturated carbocycles. The van der Waals surface area contributed by atoms with Crippen molar-refractivity contribution in [3.05, 3.63) is 84.4 Å². The molecule has 0 radical (unpaired) electrons. The molecule has 0 unspecified atom stereocenters. The second kappa shape index (κ2) is 11.6. The quantitative estimate of drug-likeness (QED) is 0.436. The Morgan fingerprint density at radius 3 is 2.18 bits per heavy atom. The van der Waals surface area contributed by atoms with E-state index in [-0.39, 0.29) is 23.2 Å². The van der Waals surface area contributed by atoms with Crippen LogP contribution in [0.25, 0.3) is 0 Å². The van der Waals surface area contributed by atoms with Crippen LogP contribution in [0.3, 0.4) is 0 Å². The van der Waals surface area contributed by atoms with Gasteiger partial charge in [0.2, 0.25) is 10.0 Å². The highest BCUT2D eigenvalue weighted by atomic mass is 32.2. The number of hydrogen-bond donors (Lipinski definition) is 2. The van der Waals surface area contributed by atoms with Crippen LogP contribution >= 0.6 is 12.2 Å². The summed E-state index contributed by atoms with van der Waals surface area (Å²) in [5.41, 5.74) is 1.43. The van der Waals surface area contributed by atoms with Gasteiger partial charge in [0.15, 0.2) is 11.7 Å². The molecule has 3 rings (SSSR count). The highest BCUT2D eigenvalue weighted by Gasteiger charge is 2.20. The smallest absolute Gasteiger partial charge is 0.264 e. The molecule has 0 spiro atoms. The first-order chi connectivity index (χ1) is 16.3. The van der Waals surface area contributed by atoms with E-state index in [2.05, 4.69) is 10.6 Å². The number of amides is 1. The third-order valence-corrected chi connectivity index (χ3v) is 6.77. The van der Waals surface area contributed by atoms with E-state index in [1.54, 1.807) is 43.5 Å². The molecule has 10 heteroatoms. The molecule has 0 fully saturated rings. The number of methoxy groups -OCH3 is 1. The highest BCUT2D eigenvalue weighted by Crippen LogP contribution is 2.19. The summed E-state index contributed by atoms with van der Waals surface area (Å²) in [4.78, 5) is 12.2. The normalized spacial score (nSPS) is 11.0. The minimum absolute atomic E-state index is 0.0696. The first-order valence-electron chi connectivity index (χ1n) is 10.3. The molecule has 2 N–H and O–H groups in total. The Kier molecular flexibility index (Phi) is 8.58. The molecule has 0 heterocycles. The van der Waals surface area contributed by atoms with Crippen molar-refractivity contribution in [1.82, 2.24) is 9.62 Å². The molecule has 0 atom stereocenters. The lowest BCUT2D eigenvalue weighted by Crippen LogP contribution is -2.37. The van der Waals surface area contributed by atoms with Crippen molar-refractivity contribution in [3.8, 4) is 11.5 Å². The van der Waals surface area contributed by atoms with Gasteiger partial charge in [0.1, 0.15) is 11.5 Å². The van der Waals surface area contributed by atoms with Crippen molar-refractivity contribution < 1.29 is 22.7 Å². The lowest BCUT2D eigenvalue weighted by atomic mass is 10.2. The number of anilines is 1. The molecule has 0 saturated heterocycles. The summed E-state index contributed by atoms with van der Waals surface area (Å²) in [5, 5.41) is 5.44. The van der Waals surface area contributed by atoms with E-state index in [4.69, 9.17) is 21.7 Å². The van der Waals surface area contributed by atoms with E-state index < -0.39 is 15.9 Å². The molecule has 0 aromatic heterocycles. The summed E-state index contributed by atoms with van der Waals surface area (Å²) >= 11 is 5.16. The van der Waals surface area contributed by atoms with Crippen LogP contribution in [0, 0.1) is 0 Å². The van der Waals surface area contributed by atoms with Gasteiger partial charge in [-0.1, -0.05) is 30.3 Å². The minimum atomic E-state index is -3.66. The van der Waals surface area contributed by atoms with Crippen LogP contribution in [0.1, 0.15) is 5.56 Å². The Labute approximate surface area is 204 Å². The van der Waals surface area contributed by atoms with Gasteiger partial charge in [-0.25, -0.2) is 8.42 Å². The summed E-state index contributed by atoms with van der Waals surface area (Å²) in [5.74, 6) is 0.766. The van der Waals surface area contributed by atoms with Gasteiger partial charge in [-0.15, -0.1) is 0 Å². The van der Waals surface area contributed by atoms with Crippen LogP contribution in [-0.2, 0) is 21.4 Å². The van der Waals surface area contributed by atoms with Crippen LogP contribution in [0.2, 0.25) is 0 Å². The summed E-state index contributed by atoms with van der Waals surface area (Å²) in [6, 6.07) is 22.3. The number of benzene rings is 3. The van der Waals surface area contributed by atoms with E-state index in [9.17, 15) is 13.2 Å².